The molecule has 0 saturated carbocycles. The van der Waals surface area contributed by atoms with Crippen LogP contribution in [0.3, 0.4) is 0 Å². The summed E-state index contributed by atoms with van der Waals surface area (Å²) in [6.07, 6.45) is 0. The first-order chi connectivity index (χ1) is 13.5. The van der Waals surface area contributed by atoms with E-state index in [0.717, 1.165) is 28.3 Å². The summed E-state index contributed by atoms with van der Waals surface area (Å²) in [6.45, 7) is 5.26. The van der Waals surface area contributed by atoms with Crippen LogP contribution in [-0.2, 0) is 17.9 Å². The van der Waals surface area contributed by atoms with Gasteiger partial charge in [0.1, 0.15) is 0 Å². The molecule has 1 heterocycles. The zero-order valence-corrected chi connectivity index (χ0v) is 16.4. The van der Waals surface area contributed by atoms with E-state index in [-0.39, 0.29) is 18.6 Å². The first-order valence-corrected chi connectivity index (χ1v) is 9.28. The van der Waals surface area contributed by atoms with E-state index in [1.807, 2.05) is 56.3 Å². The molecule has 0 fully saturated rings. The summed E-state index contributed by atoms with van der Waals surface area (Å²) in [5, 5.41) is 9.45. The van der Waals surface area contributed by atoms with Gasteiger partial charge in [-0.15, -0.1) is 0 Å². The number of rotatable bonds is 6. The van der Waals surface area contributed by atoms with Crippen LogP contribution in [0.5, 0.6) is 11.5 Å². The lowest BCUT2D eigenvalue weighted by molar-refractivity contribution is -0.118. The maximum absolute atomic E-state index is 11.7. The van der Waals surface area contributed by atoms with Crippen molar-refractivity contribution in [1.82, 2.24) is 10.6 Å². The predicted octanol–water partition coefficient (Wildman–Crippen LogP) is 2.88. The van der Waals surface area contributed by atoms with Gasteiger partial charge in [-0.2, -0.15) is 0 Å². The number of carbonyl (C=O) groups excluding carboxylic acids is 1. The summed E-state index contributed by atoms with van der Waals surface area (Å²) in [7, 11) is 1.74. The molecule has 1 amide bonds. The highest BCUT2D eigenvalue weighted by atomic mass is 16.7. The minimum atomic E-state index is -0.0412. The first kappa shape index (κ1) is 19.5. The number of ether oxygens (including phenoxy) is 2. The van der Waals surface area contributed by atoms with Crippen LogP contribution in [-0.4, -0.2) is 25.7 Å². The van der Waals surface area contributed by atoms with Crippen LogP contribution in [0.1, 0.15) is 25.0 Å². The zero-order valence-electron chi connectivity index (χ0n) is 16.4. The van der Waals surface area contributed by atoms with Crippen molar-refractivity contribution in [1.29, 1.82) is 0 Å². The summed E-state index contributed by atoms with van der Waals surface area (Å²) in [5.74, 6) is 2.22. The van der Waals surface area contributed by atoms with Crippen molar-refractivity contribution < 1.29 is 14.3 Å². The molecular weight excluding hydrogens is 356 g/mol. The minimum Gasteiger partial charge on any atom is -0.454 e. The van der Waals surface area contributed by atoms with E-state index >= 15 is 0 Å². The van der Waals surface area contributed by atoms with Gasteiger partial charge in [0.15, 0.2) is 17.5 Å². The Hall–Kier alpha value is -3.22. The molecule has 0 atom stereocenters. The molecule has 0 aliphatic carbocycles. The molecule has 28 heavy (non-hydrogen) atoms. The summed E-state index contributed by atoms with van der Waals surface area (Å²) in [4.78, 5) is 16.0. The van der Waals surface area contributed by atoms with E-state index in [1.54, 1.807) is 7.05 Å². The molecule has 0 aromatic heterocycles. The van der Waals surface area contributed by atoms with Gasteiger partial charge in [0.05, 0.1) is 0 Å². The fourth-order valence-electron chi connectivity index (χ4n) is 2.64. The largest absolute Gasteiger partial charge is 0.454 e. The number of hydrogen-bond acceptors (Lipinski definition) is 4. The molecule has 2 aromatic carbocycles. The predicted molar refractivity (Wildman–Crippen MR) is 110 cm³/mol. The molecule has 3 N–H and O–H groups in total. The summed E-state index contributed by atoms with van der Waals surface area (Å²) >= 11 is 0. The third kappa shape index (κ3) is 5.16. The quantitative estimate of drug-likeness (QED) is 0.529. The molecule has 148 valence electrons. The van der Waals surface area contributed by atoms with Crippen molar-refractivity contribution in [2.24, 2.45) is 10.9 Å². The average molecular weight is 382 g/mol. The molecule has 0 saturated heterocycles. The maximum atomic E-state index is 11.7. The van der Waals surface area contributed by atoms with Gasteiger partial charge in [0.2, 0.25) is 12.7 Å². The van der Waals surface area contributed by atoms with Crippen molar-refractivity contribution >= 4 is 17.6 Å². The Labute approximate surface area is 165 Å². The molecule has 1 aliphatic heterocycles. The standard InChI is InChI=1S/C21H26N4O3/c1-14(2)20(26)25-17-7-4-15(5-8-17)11-23-21(22-3)24-12-16-6-9-18-19(10-16)28-13-27-18/h4-10,14H,11-13H2,1-3H3,(H,25,26)(H2,22,23,24). The van der Waals surface area contributed by atoms with Gasteiger partial charge < -0.3 is 25.4 Å². The summed E-state index contributed by atoms with van der Waals surface area (Å²) in [6, 6.07) is 13.6. The second-order valence-electron chi connectivity index (χ2n) is 6.81. The number of carbonyl (C=O) groups is 1. The fourth-order valence-corrected chi connectivity index (χ4v) is 2.64. The third-order valence-electron chi connectivity index (χ3n) is 4.33. The van der Waals surface area contributed by atoms with Crippen molar-refractivity contribution in [2.75, 3.05) is 19.2 Å². The zero-order chi connectivity index (χ0) is 19.9. The normalized spacial score (nSPS) is 12.8. The summed E-state index contributed by atoms with van der Waals surface area (Å²) in [5.41, 5.74) is 2.97. The highest BCUT2D eigenvalue weighted by Crippen LogP contribution is 2.32. The molecule has 0 spiro atoms. The number of guanidine groups is 1. The molecule has 0 bridgehead atoms. The molecule has 0 radical (unpaired) electrons. The molecule has 7 heteroatoms. The highest BCUT2D eigenvalue weighted by molar-refractivity contribution is 5.92. The lowest BCUT2D eigenvalue weighted by Gasteiger charge is -2.13. The van der Waals surface area contributed by atoms with Crippen LogP contribution < -0.4 is 25.4 Å². The van der Waals surface area contributed by atoms with Crippen LogP contribution in [0.15, 0.2) is 47.5 Å². The van der Waals surface area contributed by atoms with Gasteiger partial charge >= 0.3 is 0 Å². The van der Waals surface area contributed by atoms with Gasteiger partial charge in [-0.05, 0) is 35.4 Å². The molecular formula is C21H26N4O3. The number of benzene rings is 2. The molecule has 2 aromatic rings. The monoisotopic (exact) mass is 382 g/mol. The number of aliphatic imine (C=N–C) groups is 1. The molecule has 7 nitrogen and oxygen atoms in total. The number of fused-ring (bicyclic) bond motifs is 1. The minimum absolute atomic E-state index is 0.0130. The Morgan fingerprint density at radius 2 is 1.64 bits per heavy atom. The van der Waals surface area contributed by atoms with Crippen LogP contribution in [0, 0.1) is 5.92 Å². The Morgan fingerprint density at radius 1 is 1.00 bits per heavy atom. The van der Waals surface area contributed by atoms with Crippen LogP contribution in [0.4, 0.5) is 5.69 Å². The lowest BCUT2D eigenvalue weighted by Crippen LogP contribution is -2.36. The average Bonchev–Trinajstić information content (AvgIpc) is 3.17. The number of amides is 1. The van der Waals surface area contributed by atoms with E-state index in [0.29, 0.717) is 19.0 Å². The second kappa shape index (κ2) is 9.12. The topological polar surface area (TPSA) is 84.0 Å². The first-order valence-electron chi connectivity index (χ1n) is 9.28. The van der Waals surface area contributed by atoms with Gasteiger partial charge in [0.25, 0.3) is 0 Å². The van der Waals surface area contributed by atoms with E-state index < -0.39 is 0 Å². The number of hydrogen-bond donors (Lipinski definition) is 3. The maximum Gasteiger partial charge on any atom is 0.231 e. The Bertz CT molecular complexity index is 847. The lowest BCUT2D eigenvalue weighted by atomic mass is 10.1. The Kier molecular flexibility index (Phi) is 6.37. The van der Waals surface area contributed by atoms with Crippen molar-refractivity contribution in [2.45, 2.75) is 26.9 Å². The van der Waals surface area contributed by atoms with Crippen molar-refractivity contribution in [3.05, 3.63) is 53.6 Å². The number of anilines is 1. The molecule has 3 rings (SSSR count). The number of nitrogens with zero attached hydrogens (tertiary/aromatic N) is 1. The van der Waals surface area contributed by atoms with Crippen LogP contribution >= 0.6 is 0 Å². The van der Waals surface area contributed by atoms with Gasteiger partial charge in [-0.3, -0.25) is 9.79 Å². The van der Waals surface area contributed by atoms with E-state index in [2.05, 4.69) is 20.9 Å². The van der Waals surface area contributed by atoms with E-state index in [4.69, 9.17) is 9.47 Å². The van der Waals surface area contributed by atoms with Gasteiger partial charge in [-0.25, -0.2) is 0 Å². The number of nitrogens with one attached hydrogen (secondary N) is 3. The molecule has 1 aliphatic rings. The second-order valence-corrected chi connectivity index (χ2v) is 6.81. The SMILES string of the molecule is CN=C(NCc1ccc(NC(=O)C(C)C)cc1)NCc1ccc2c(c1)OCO2. The molecule has 0 unspecified atom stereocenters. The van der Waals surface area contributed by atoms with Gasteiger partial charge in [-0.1, -0.05) is 32.0 Å². The highest BCUT2D eigenvalue weighted by Gasteiger charge is 2.13. The summed E-state index contributed by atoms with van der Waals surface area (Å²) < 4.78 is 10.7. The van der Waals surface area contributed by atoms with Gasteiger partial charge in [0, 0.05) is 31.7 Å². The van der Waals surface area contributed by atoms with Crippen molar-refractivity contribution in [3.8, 4) is 11.5 Å². The van der Waals surface area contributed by atoms with Crippen LogP contribution in [0.2, 0.25) is 0 Å². The fraction of sp³-hybridized carbons (Fsp3) is 0.333. The van der Waals surface area contributed by atoms with Crippen LogP contribution in [0.25, 0.3) is 0 Å². The smallest absolute Gasteiger partial charge is 0.231 e. The third-order valence-corrected chi connectivity index (χ3v) is 4.33. The van der Waals surface area contributed by atoms with Crippen molar-refractivity contribution in [3.63, 3.8) is 0 Å². The Balaban J connectivity index is 1.48. The van der Waals surface area contributed by atoms with E-state index in [1.165, 1.54) is 0 Å². The Morgan fingerprint density at radius 3 is 2.32 bits per heavy atom. The van der Waals surface area contributed by atoms with E-state index in [9.17, 15) is 4.79 Å².